The molecule has 0 atom stereocenters. The lowest BCUT2D eigenvalue weighted by Gasteiger charge is -2.06. The molecule has 0 unspecified atom stereocenters. The van der Waals surface area contributed by atoms with Crippen molar-refractivity contribution in [2.24, 2.45) is 0 Å². The molecule has 0 aliphatic carbocycles. The zero-order valence-corrected chi connectivity index (χ0v) is 6.31. The Morgan fingerprint density at radius 3 is 2.23 bits per heavy atom. The van der Waals surface area contributed by atoms with Gasteiger partial charge in [0.05, 0.1) is 0 Å². The van der Waals surface area contributed by atoms with Crippen LogP contribution in [0.3, 0.4) is 0 Å². The molecule has 13 heavy (non-hydrogen) atoms. The standard InChI is InChI=1S/C5H5FN2O5/c1-2-3-13-4-5(6,7(9)10)8(11)12/h1H,3-4H2. The Labute approximate surface area is 71.8 Å². The SMILES string of the molecule is C#CCOCC(F)([N+](=O)[O-])[N+](=O)[O-]. The van der Waals surface area contributed by atoms with Crippen LogP contribution in [0.1, 0.15) is 0 Å². The molecule has 0 fully saturated rings. The summed E-state index contributed by atoms with van der Waals surface area (Å²) in [4.78, 5) is 16.5. The molecule has 0 saturated carbocycles. The molecule has 0 spiro atoms. The van der Waals surface area contributed by atoms with Crippen LogP contribution >= 0.6 is 0 Å². The van der Waals surface area contributed by atoms with Crippen molar-refractivity contribution in [1.29, 1.82) is 0 Å². The number of ether oxygens (including phenoxy) is 1. The lowest BCUT2D eigenvalue weighted by molar-refractivity contribution is -0.833. The first-order valence-electron chi connectivity index (χ1n) is 2.94. The summed E-state index contributed by atoms with van der Waals surface area (Å²) < 4.78 is 16.9. The number of nitrogens with zero attached hydrogens (tertiary/aromatic N) is 2. The van der Waals surface area contributed by atoms with Crippen LogP contribution in [-0.4, -0.2) is 29.0 Å². The van der Waals surface area contributed by atoms with E-state index in [1.165, 1.54) is 0 Å². The van der Waals surface area contributed by atoms with E-state index in [1.54, 1.807) is 0 Å². The Kier molecular flexibility index (Phi) is 3.74. The Morgan fingerprint density at radius 2 is 1.92 bits per heavy atom. The molecule has 0 amide bonds. The lowest BCUT2D eigenvalue weighted by atomic mass is 10.5. The van der Waals surface area contributed by atoms with Crippen molar-refractivity contribution in [3.63, 3.8) is 0 Å². The summed E-state index contributed by atoms with van der Waals surface area (Å²) in [5.74, 6) is -1.94. The van der Waals surface area contributed by atoms with Crippen LogP contribution in [-0.2, 0) is 4.74 Å². The van der Waals surface area contributed by atoms with Crippen molar-refractivity contribution >= 4 is 0 Å². The van der Waals surface area contributed by atoms with E-state index in [0.29, 0.717) is 0 Å². The quantitative estimate of drug-likeness (QED) is 0.150. The van der Waals surface area contributed by atoms with Gasteiger partial charge in [0, 0.05) is 0 Å². The number of hydrogen-bond donors (Lipinski definition) is 0. The molecule has 0 N–H and O–H groups in total. The number of nitro groups is 2. The van der Waals surface area contributed by atoms with Gasteiger partial charge in [-0.2, -0.15) is 0 Å². The monoisotopic (exact) mass is 192 g/mol. The van der Waals surface area contributed by atoms with Gasteiger partial charge in [0.1, 0.15) is 16.5 Å². The van der Waals surface area contributed by atoms with E-state index >= 15 is 0 Å². The molecule has 0 heterocycles. The first-order valence-corrected chi connectivity index (χ1v) is 2.94. The fraction of sp³-hybridized carbons (Fsp3) is 0.600. The molecule has 0 aromatic rings. The predicted molar refractivity (Wildman–Crippen MR) is 37.5 cm³/mol. The minimum Gasteiger partial charge on any atom is -0.351 e. The Bertz CT molecular complexity index is 246. The van der Waals surface area contributed by atoms with Crippen molar-refractivity contribution < 1.29 is 19.0 Å². The third-order valence-corrected chi connectivity index (χ3v) is 1.03. The first-order chi connectivity index (χ1) is 5.95. The zero-order valence-electron chi connectivity index (χ0n) is 6.31. The van der Waals surface area contributed by atoms with Gasteiger partial charge in [0.25, 0.3) is 0 Å². The topological polar surface area (TPSA) is 95.5 Å². The molecule has 0 radical (unpaired) electrons. The van der Waals surface area contributed by atoms with Crippen molar-refractivity contribution in [2.45, 2.75) is 5.92 Å². The molecular weight excluding hydrogens is 187 g/mol. The number of alkyl halides is 1. The smallest absolute Gasteiger partial charge is 0.351 e. The molecule has 0 rings (SSSR count). The maximum atomic E-state index is 12.8. The summed E-state index contributed by atoms with van der Waals surface area (Å²) in [6, 6.07) is 0. The van der Waals surface area contributed by atoms with Crippen molar-refractivity contribution in [2.75, 3.05) is 13.2 Å². The van der Waals surface area contributed by atoms with Crippen LogP contribution in [0.4, 0.5) is 4.39 Å². The average Bonchev–Trinajstić information content (AvgIpc) is 2.03. The number of hydrogen-bond acceptors (Lipinski definition) is 5. The second kappa shape index (κ2) is 4.32. The Hall–Kier alpha value is -1.75. The second-order valence-corrected chi connectivity index (χ2v) is 1.93. The van der Waals surface area contributed by atoms with E-state index in [9.17, 15) is 24.6 Å². The molecule has 0 aromatic carbocycles. The summed E-state index contributed by atoms with van der Waals surface area (Å²) >= 11 is 0. The highest BCUT2D eigenvalue weighted by Crippen LogP contribution is 2.12. The normalized spacial score (nSPS) is 10.5. The summed E-state index contributed by atoms with van der Waals surface area (Å²) in [6.45, 7) is -1.73. The van der Waals surface area contributed by atoms with E-state index in [4.69, 9.17) is 0 Å². The van der Waals surface area contributed by atoms with Crippen molar-refractivity contribution in [3.05, 3.63) is 20.2 Å². The molecule has 0 aliphatic heterocycles. The molecule has 0 saturated heterocycles. The van der Waals surface area contributed by atoms with Gasteiger partial charge in [-0.15, -0.1) is 6.42 Å². The number of terminal acetylenes is 1. The Balaban J connectivity index is 4.36. The average molecular weight is 192 g/mol. The summed E-state index contributed by atoms with van der Waals surface area (Å²) in [6.07, 6.45) is 4.67. The number of rotatable bonds is 5. The molecule has 0 bridgehead atoms. The van der Waals surface area contributed by atoms with Gasteiger partial charge in [-0.1, -0.05) is 10.3 Å². The summed E-state index contributed by atoms with van der Waals surface area (Å²) in [7, 11) is 0. The molecule has 0 aromatic heterocycles. The molecule has 72 valence electrons. The van der Waals surface area contributed by atoms with Gasteiger partial charge >= 0.3 is 5.92 Å². The molecular formula is C5H5FN2O5. The first kappa shape index (κ1) is 11.2. The van der Waals surface area contributed by atoms with Gasteiger partial charge in [-0.25, -0.2) is 0 Å². The van der Waals surface area contributed by atoms with Crippen LogP contribution in [0.25, 0.3) is 0 Å². The molecule has 8 heteroatoms. The van der Waals surface area contributed by atoms with Crippen LogP contribution in [0, 0.1) is 32.6 Å². The highest BCUT2D eigenvalue weighted by molar-refractivity contribution is 4.82. The predicted octanol–water partition coefficient (Wildman–Crippen LogP) is -0.187. The maximum absolute atomic E-state index is 12.8. The van der Waals surface area contributed by atoms with E-state index in [-0.39, 0.29) is 0 Å². The maximum Gasteiger partial charge on any atom is 0.637 e. The van der Waals surface area contributed by atoms with Crippen LogP contribution < -0.4 is 0 Å². The van der Waals surface area contributed by atoms with Gasteiger partial charge in [0.2, 0.25) is 6.61 Å². The summed E-state index contributed by atoms with van der Waals surface area (Å²) in [5, 5.41) is 19.8. The third-order valence-electron chi connectivity index (χ3n) is 1.03. The van der Waals surface area contributed by atoms with E-state index in [1.807, 2.05) is 5.92 Å². The van der Waals surface area contributed by atoms with Gasteiger partial charge in [0.15, 0.2) is 0 Å². The zero-order chi connectivity index (χ0) is 10.5. The minimum atomic E-state index is -3.82. The van der Waals surface area contributed by atoms with Crippen molar-refractivity contribution in [1.82, 2.24) is 0 Å². The third kappa shape index (κ3) is 2.64. The highest BCUT2D eigenvalue weighted by atomic mass is 19.2. The largest absolute Gasteiger partial charge is 0.637 e. The van der Waals surface area contributed by atoms with Crippen LogP contribution in [0.15, 0.2) is 0 Å². The molecule has 7 nitrogen and oxygen atoms in total. The second-order valence-electron chi connectivity index (χ2n) is 1.93. The fourth-order valence-corrected chi connectivity index (χ4v) is 0.412. The molecule has 0 aliphatic rings. The lowest BCUT2D eigenvalue weighted by Crippen LogP contribution is -2.46. The van der Waals surface area contributed by atoms with E-state index in [0.717, 1.165) is 0 Å². The minimum absolute atomic E-state index is 0.423. The van der Waals surface area contributed by atoms with Crippen molar-refractivity contribution in [3.8, 4) is 12.3 Å². The van der Waals surface area contributed by atoms with Gasteiger partial charge < -0.3 is 4.74 Å². The van der Waals surface area contributed by atoms with E-state index < -0.39 is 29.0 Å². The van der Waals surface area contributed by atoms with Crippen LogP contribution in [0.2, 0.25) is 0 Å². The van der Waals surface area contributed by atoms with Gasteiger partial charge in [-0.3, -0.25) is 20.2 Å². The van der Waals surface area contributed by atoms with Crippen LogP contribution in [0.5, 0.6) is 0 Å². The number of halogens is 1. The highest BCUT2D eigenvalue weighted by Gasteiger charge is 2.58. The Morgan fingerprint density at radius 1 is 1.46 bits per heavy atom. The fourth-order valence-electron chi connectivity index (χ4n) is 0.412. The van der Waals surface area contributed by atoms with E-state index in [2.05, 4.69) is 11.2 Å². The van der Waals surface area contributed by atoms with Gasteiger partial charge in [-0.05, 0) is 0 Å². The summed E-state index contributed by atoms with van der Waals surface area (Å²) in [5.41, 5.74) is 0.